The lowest BCUT2D eigenvalue weighted by Gasteiger charge is -2.35. The summed E-state index contributed by atoms with van der Waals surface area (Å²) >= 11 is 0. The molecular weight excluding hydrogens is 236 g/mol. The highest BCUT2D eigenvalue weighted by Crippen LogP contribution is 2.25. The lowest BCUT2D eigenvalue weighted by molar-refractivity contribution is 0.328. The zero-order valence-corrected chi connectivity index (χ0v) is 13.2. The van der Waals surface area contributed by atoms with Gasteiger partial charge in [-0.3, -0.25) is 4.98 Å². The summed E-state index contributed by atoms with van der Waals surface area (Å²) in [4.78, 5) is 11.2. The monoisotopic (exact) mass is 264 g/mol. The van der Waals surface area contributed by atoms with Crippen LogP contribution in [-0.4, -0.2) is 29.6 Å². The van der Waals surface area contributed by atoms with Crippen LogP contribution in [0.2, 0.25) is 0 Å². The Balaban J connectivity index is 2.65. The Hall–Kier alpha value is -1.16. The first-order valence-electron chi connectivity index (χ1n) is 7.10. The third-order valence-electron chi connectivity index (χ3n) is 3.62. The van der Waals surface area contributed by atoms with Crippen LogP contribution in [0.5, 0.6) is 0 Å². The largest absolute Gasteiger partial charge is 0.355 e. The second-order valence-corrected chi connectivity index (χ2v) is 6.20. The van der Waals surface area contributed by atoms with Crippen LogP contribution in [0.1, 0.15) is 46.7 Å². The fraction of sp³-hybridized carbons (Fsp3) is 0.733. The van der Waals surface area contributed by atoms with Crippen LogP contribution in [0, 0.1) is 5.41 Å². The molecule has 0 aliphatic rings. The predicted octanol–water partition coefficient (Wildman–Crippen LogP) is 2.85. The maximum Gasteiger partial charge on any atom is 0.147 e. The molecule has 1 aromatic rings. The van der Waals surface area contributed by atoms with Crippen molar-refractivity contribution in [1.29, 1.82) is 0 Å². The molecule has 1 atom stereocenters. The summed E-state index contributed by atoms with van der Waals surface area (Å²) in [6, 6.07) is 0.408. The molecule has 1 aromatic heterocycles. The molecular formula is C15H28N4. The SMILES string of the molecule is CCCNCc1cnc(N(C)C(C)C(C)(C)C)cn1. The number of anilines is 1. The Morgan fingerprint density at radius 1 is 1.26 bits per heavy atom. The quantitative estimate of drug-likeness (QED) is 0.802. The Labute approximate surface area is 117 Å². The van der Waals surface area contributed by atoms with Crippen LogP contribution in [0.15, 0.2) is 12.4 Å². The molecule has 1 heterocycles. The molecule has 19 heavy (non-hydrogen) atoms. The van der Waals surface area contributed by atoms with E-state index < -0.39 is 0 Å². The van der Waals surface area contributed by atoms with Gasteiger partial charge in [-0.15, -0.1) is 0 Å². The number of hydrogen-bond donors (Lipinski definition) is 1. The van der Waals surface area contributed by atoms with E-state index in [4.69, 9.17) is 0 Å². The van der Waals surface area contributed by atoms with E-state index in [1.54, 1.807) is 0 Å². The summed E-state index contributed by atoms with van der Waals surface area (Å²) in [7, 11) is 2.08. The molecule has 4 heteroatoms. The first-order chi connectivity index (χ1) is 8.86. The van der Waals surface area contributed by atoms with Gasteiger partial charge in [-0.1, -0.05) is 27.7 Å². The van der Waals surface area contributed by atoms with Crippen LogP contribution in [0.3, 0.4) is 0 Å². The Morgan fingerprint density at radius 3 is 2.42 bits per heavy atom. The number of hydrogen-bond acceptors (Lipinski definition) is 4. The molecule has 0 saturated carbocycles. The maximum atomic E-state index is 4.52. The summed E-state index contributed by atoms with van der Waals surface area (Å²) < 4.78 is 0. The van der Waals surface area contributed by atoms with Gasteiger partial charge in [-0.2, -0.15) is 0 Å². The second kappa shape index (κ2) is 6.85. The third-order valence-corrected chi connectivity index (χ3v) is 3.62. The summed E-state index contributed by atoms with van der Waals surface area (Å²) in [5.74, 6) is 0.932. The molecule has 1 N–H and O–H groups in total. The van der Waals surface area contributed by atoms with Gasteiger partial charge < -0.3 is 10.2 Å². The van der Waals surface area contributed by atoms with Crippen molar-refractivity contribution in [2.75, 3.05) is 18.5 Å². The highest BCUT2D eigenvalue weighted by molar-refractivity contribution is 5.36. The van der Waals surface area contributed by atoms with E-state index in [0.29, 0.717) is 6.04 Å². The van der Waals surface area contributed by atoms with Crippen LogP contribution in [-0.2, 0) is 6.54 Å². The standard InChI is InChI=1S/C15H28N4/c1-7-8-16-9-13-10-18-14(11-17-13)19(6)12(2)15(3,4)5/h10-12,16H,7-9H2,1-6H3. The van der Waals surface area contributed by atoms with Gasteiger partial charge in [0.15, 0.2) is 0 Å². The van der Waals surface area contributed by atoms with Gasteiger partial charge in [-0.05, 0) is 25.3 Å². The van der Waals surface area contributed by atoms with Gasteiger partial charge in [0.05, 0.1) is 18.1 Å². The first-order valence-corrected chi connectivity index (χ1v) is 7.10. The van der Waals surface area contributed by atoms with Crippen molar-refractivity contribution in [3.63, 3.8) is 0 Å². The minimum Gasteiger partial charge on any atom is -0.355 e. The average molecular weight is 264 g/mol. The minimum absolute atomic E-state index is 0.220. The maximum absolute atomic E-state index is 4.52. The number of nitrogens with one attached hydrogen (secondary N) is 1. The van der Waals surface area contributed by atoms with E-state index >= 15 is 0 Å². The molecule has 0 aliphatic carbocycles. The van der Waals surface area contributed by atoms with Crippen molar-refractivity contribution < 1.29 is 0 Å². The highest BCUT2D eigenvalue weighted by Gasteiger charge is 2.24. The molecule has 0 saturated heterocycles. The molecule has 1 unspecified atom stereocenters. The van der Waals surface area contributed by atoms with E-state index in [9.17, 15) is 0 Å². The summed E-state index contributed by atoms with van der Waals surface area (Å²) in [5.41, 5.74) is 1.21. The lowest BCUT2D eigenvalue weighted by atomic mass is 9.87. The molecule has 0 bridgehead atoms. The fourth-order valence-electron chi connectivity index (χ4n) is 1.79. The Morgan fingerprint density at radius 2 is 1.95 bits per heavy atom. The van der Waals surface area contributed by atoms with Crippen LogP contribution in [0.25, 0.3) is 0 Å². The van der Waals surface area contributed by atoms with Crippen LogP contribution >= 0.6 is 0 Å². The Bertz CT molecular complexity index is 367. The van der Waals surface area contributed by atoms with Gasteiger partial charge in [0.1, 0.15) is 5.82 Å². The molecule has 0 amide bonds. The van der Waals surface area contributed by atoms with E-state index in [2.05, 4.69) is 61.9 Å². The second-order valence-electron chi connectivity index (χ2n) is 6.20. The highest BCUT2D eigenvalue weighted by atomic mass is 15.2. The lowest BCUT2D eigenvalue weighted by Crippen LogP contribution is -2.39. The molecule has 0 radical (unpaired) electrons. The smallest absolute Gasteiger partial charge is 0.147 e. The first kappa shape index (κ1) is 15.9. The zero-order valence-electron chi connectivity index (χ0n) is 13.2. The van der Waals surface area contributed by atoms with E-state index in [1.807, 2.05) is 12.4 Å². The third kappa shape index (κ3) is 4.78. The van der Waals surface area contributed by atoms with Crippen LogP contribution in [0.4, 0.5) is 5.82 Å². The van der Waals surface area contributed by atoms with Gasteiger partial charge in [0, 0.05) is 19.6 Å². The topological polar surface area (TPSA) is 41.1 Å². The zero-order chi connectivity index (χ0) is 14.5. The molecule has 0 spiro atoms. The average Bonchev–Trinajstić information content (AvgIpc) is 2.37. The van der Waals surface area contributed by atoms with E-state index in [-0.39, 0.29) is 5.41 Å². The van der Waals surface area contributed by atoms with Gasteiger partial charge in [-0.25, -0.2) is 4.98 Å². The molecule has 0 aromatic carbocycles. The molecule has 0 fully saturated rings. The van der Waals surface area contributed by atoms with Crippen LogP contribution < -0.4 is 10.2 Å². The van der Waals surface area contributed by atoms with Gasteiger partial charge in [0.25, 0.3) is 0 Å². The number of nitrogens with zero attached hydrogens (tertiary/aromatic N) is 3. The van der Waals surface area contributed by atoms with E-state index in [0.717, 1.165) is 31.0 Å². The van der Waals surface area contributed by atoms with E-state index in [1.165, 1.54) is 0 Å². The van der Waals surface area contributed by atoms with Crippen molar-refractivity contribution in [2.45, 2.75) is 53.6 Å². The number of aromatic nitrogens is 2. The fourth-order valence-corrected chi connectivity index (χ4v) is 1.79. The predicted molar refractivity (Wildman–Crippen MR) is 81.3 cm³/mol. The van der Waals surface area contributed by atoms with Crippen molar-refractivity contribution in [3.05, 3.63) is 18.1 Å². The molecule has 4 nitrogen and oxygen atoms in total. The number of rotatable bonds is 6. The van der Waals surface area contributed by atoms with Crippen molar-refractivity contribution >= 4 is 5.82 Å². The molecule has 108 valence electrons. The summed E-state index contributed by atoms with van der Waals surface area (Å²) in [5, 5.41) is 3.33. The molecule has 0 aliphatic heterocycles. The summed E-state index contributed by atoms with van der Waals surface area (Å²) in [6.45, 7) is 12.9. The minimum atomic E-state index is 0.220. The van der Waals surface area contributed by atoms with Crippen molar-refractivity contribution in [3.8, 4) is 0 Å². The normalized spacial score (nSPS) is 13.4. The summed E-state index contributed by atoms with van der Waals surface area (Å²) in [6.07, 6.45) is 4.87. The van der Waals surface area contributed by atoms with Crippen molar-refractivity contribution in [2.24, 2.45) is 5.41 Å². The Kier molecular flexibility index (Phi) is 5.73. The molecule has 1 rings (SSSR count). The van der Waals surface area contributed by atoms with Crippen molar-refractivity contribution in [1.82, 2.24) is 15.3 Å². The van der Waals surface area contributed by atoms with Gasteiger partial charge >= 0.3 is 0 Å². The van der Waals surface area contributed by atoms with Gasteiger partial charge in [0.2, 0.25) is 0 Å².